The highest BCUT2D eigenvalue weighted by Crippen LogP contribution is 2.61. The first-order chi connectivity index (χ1) is 11.3. The summed E-state index contributed by atoms with van der Waals surface area (Å²) < 4.78 is 5.98. The van der Waals surface area contributed by atoms with Gasteiger partial charge in [0.2, 0.25) is 0 Å². The van der Waals surface area contributed by atoms with Gasteiger partial charge in [-0.2, -0.15) is 5.10 Å². The van der Waals surface area contributed by atoms with E-state index in [2.05, 4.69) is 31.2 Å². The van der Waals surface area contributed by atoms with Gasteiger partial charge in [-0.1, -0.05) is 20.8 Å². The summed E-state index contributed by atoms with van der Waals surface area (Å²) in [6.45, 7) is 8.93. The van der Waals surface area contributed by atoms with Crippen LogP contribution in [0.4, 0.5) is 5.69 Å². The molecule has 0 amide bonds. The molecule has 2 bridgehead atoms. The highest BCUT2D eigenvalue weighted by atomic mass is 16.5. The lowest BCUT2D eigenvalue weighted by molar-refractivity contribution is -0.144. The van der Waals surface area contributed by atoms with Crippen molar-refractivity contribution in [1.29, 1.82) is 0 Å². The molecule has 0 unspecified atom stereocenters. The monoisotopic (exact) mass is 333 g/mol. The van der Waals surface area contributed by atoms with E-state index in [4.69, 9.17) is 4.74 Å². The van der Waals surface area contributed by atoms with E-state index in [0.29, 0.717) is 24.0 Å². The van der Waals surface area contributed by atoms with E-state index in [0.717, 1.165) is 28.6 Å². The van der Waals surface area contributed by atoms with Crippen molar-refractivity contribution in [3.8, 4) is 0 Å². The number of ether oxygens (including phenoxy) is 1. The summed E-state index contributed by atoms with van der Waals surface area (Å²) in [6, 6.07) is 1.90. The Kier molecular flexibility index (Phi) is 4.40. The van der Waals surface area contributed by atoms with Crippen LogP contribution in [0.5, 0.6) is 0 Å². The van der Waals surface area contributed by atoms with Crippen LogP contribution in [-0.2, 0) is 16.1 Å². The molecule has 4 rings (SSSR count). The molecule has 6 heteroatoms. The van der Waals surface area contributed by atoms with Crippen molar-refractivity contribution >= 4 is 11.7 Å². The van der Waals surface area contributed by atoms with Gasteiger partial charge in [0.25, 0.3) is 5.56 Å². The first-order valence-electron chi connectivity index (χ1n) is 8.82. The van der Waals surface area contributed by atoms with Crippen molar-refractivity contribution in [2.75, 3.05) is 11.9 Å². The number of anilines is 1. The van der Waals surface area contributed by atoms with Crippen molar-refractivity contribution in [2.45, 2.75) is 53.1 Å². The second-order valence-corrected chi connectivity index (χ2v) is 7.75. The number of rotatable bonds is 5. The van der Waals surface area contributed by atoms with E-state index in [1.165, 1.54) is 12.5 Å². The Morgan fingerprint density at radius 2 is 2.21 bits per heavy atom. The summed E-state index contributed by atoms with van der Waals surface area (Å²) in [6.07, 6.45) is 4.08. The molecule has 0 saturated heterocycles. The number of nitrogens with zero attached hydrogens (tertiary/aromatic N) is 2. The number of carbonyl (C=O) groups is 1. The Balaban J connectivity index is 1.66. The van der Waals surface area contributed by atoms with E-state index < -0.39 is 5.97 Å². The molecule has 1 heterocycles. The first-order valence-corrected chi connectivity index (χ1v) is 8.82. The van der Waals surface area contributed by atoms with Gasteiger partial charge in [-0.15, -0.1) is 0 Å². The summed E-state index contributed by atoms with van der Waals surface area (Å²) in [4.78, 5) is 23.6. The lowest BCUT2D eigenvalue weighted by Gasteiger charge is -2.62. The molecule has 132 valence electrons. The third kappa shape index (κ3) is 2.94. The number of hydrogen-bond acceptors (Lipinski definition) is 5. The second kappa shape index (κ2) is 6.22. The topological polar surface area (TPSA) is 73.2 Å². The lowest BCUT2D eigenvalue weighted by Crippen LogP contribution is -2.58. The van der Waals surface area contributed by atoms with Crippen molar-refractivity contribution in [3.63, 3.8) is 0 Å². The van der Waals surface area contributed by atoms with Crippen LogP contribution in [0.3, 0.4) is 0 Å². The van der Waals surface area contributed by atoms with Crippen LogP contribution in [0, 0.1) is 23.2 Å². The van der Waals surface area contributed by atoms with Crippen molar-refractivity contribution < 1.29 is 9.53 Å². The van der Waals surface area contributed by atoms with Crippen LogP contribution < -0.4 is 10.9 Å². The fraction of sp³-hybridized carbons (Fsp3) is 0.722. The van der Waals surface area contributed by atoms with Gasteiger partial charge < -0.3 is 10.1 Å². The van der Waals surface area contributed by atoms with Gasteiger partial charge in [-0.3, -0.25) is 9.59 Å². The summed E-state index contributed by atoms with van der Waals surface area (Å²) in [5.41, 5.74) is 0.886. The molecule has 1 aromatic heterocycles. The molecule has 24 heavy (non-hydrogen) atoms. The van der Waals surface area contributed by atoms with Gasteiger partial charge in [-0.25, -0.2) is 4.68 Å². The molecular weight excluding hydrogens is 306 g/mol. The molecule has 4 atom stereocenters. The normalized spacial score (nSPS) is 30.3. The zero-order chi connectivity index (χ0) is 17.5. The van der Waals surface area contributed by atoms with E-state index in [-0.39, 0.29) is 12.1 Å². The van der Waals surface area contributed by atoms with Crippen LogP contribution in [-0.4, -0.2) is 28.4 Å². The van der Waals surface area contributed by atoms with Crippen LogP contribution in [0.1, 0.15) is 40.5 Å². The Bertz CT molecular complexity index is 682. The molecule has 3 fully saturated rings. The van der Waals surface area contributed by atoms with E-state index in [1.54, 1.807) is 13.1 Å². The molecule has 1 aromatic rings. The van der Waals surface area contributed by atoms with Crippen LogP contribution in [0.15, 0.2) is 17.1 Å². The fourth-order valence-corrected chi connectivity index (χ4v) is 4.51. The summed E-state index contributed by atoms with van der Waals surface area (Å²) in [5.74, 6) is 1.63. The standard InChI is InChI=1S/C18H27N3O3/c1-5-24-17(23)10-21-16(22)8-13(9-19-21)20-15-7-12-6-14(11(15)2)18(12,3)4/h8-9,11-12,14-15,20H,5-7,10H2,1-4H3/t11-,12+,14-,15-/m1/s1. The third-order valence-electron chi connectivity index (χ3n) is 6.16. The number of aromatic nitrogens is 2. The maximum atomic E-state index is 12.1. The Hall–Kier alpha value is -1.85. The van der Waals surface area contributed by atoms with E-state index >= 15 is 0 Å². The van der Waals surface area contributed by atoms with Gasteiger partial charge in [0.1, 0.15) is 6.54 Å². The van der Waals surface area contributed by atoms with Gasteiger partial charge in [0.15, 0.2) is 0 Å². The smallest absolute Gasteiger partial charge is 0.327 e. The van der Waals surface area contributed by atoms with E-state index in [9.17, 15) is 9.59 Å². The van der Waals surface area contributed by atoms with Gasteiger partial charge in [0.05, 0.1) is 18.5 Å². The molecule has 1 N–H and O–H groups in total. The molecule has 0 spiro atoms. The fourth-order valence-electron chi connectivity index (χ4n) is 4.51. The maximum absolute atomic E-state index is 12.1. The van der Waals surface area contributed by atoms with E-state index in [1.807, 2.05) is 0 Å². The first kappa shape index (κ1) is 17.0. The van der Waals surface area contributed by atoms with Crippen LogP contribution in [0.2, 0.25) is 0 Å². The lowest BCUT2D eigenvalue weighted by atomic mass is 9.45. The van der Waals surface area contributed by atoms with Crippen LogP contribution >= 0.6 is 0 Å². The number of fused-ring (bicyclic) bond motifs is 2. The minimum atomic E-state index is -0.448. The summed E-state index contributed by atoms with van der Waals surface area (Å²) >= 11 is 0. The van der Waals surface area contributed by atoms with Crippen LogP contribution in [0.25, 0.3) is 0 Å². The average molecular weight is 333 g/mol. The molecule has 3 aliphatic rings. The van der Waals surface area contributed by atoms with Gasteiger partial charge in [0, 0.05) is 12.1 Å². The Labute approximate surface area is 142 Å². The Morgan fingerprint density at radius 3 is 2.79 bits per heavy atom. The number of nitrogens with one attached hydrogen (secondary N) is 1. The van der Waals surface area contributed by atoms with Gasteiger partial charge >= 0.3 is 5.97 Å². The molecule has 0 aliphatic heterocycles. The third-order valence-corrected chi connectivity index (χ3v) is 6.16. The second-order valence-electron chi connectivity index (χ2n) is 7.75. The largest absolute Gasteiger partial charge is 0.465 e. The SMILES string of the molecule is CCOC(=O)Cn1ncc(N[C@@H]2C[C@@H]3C[C@H]([C@H]2C)C3(C)C)cc1=O. The molecule has 6 nitrogen and oxygen atoms in total. The van der Waals surface area contributed by atoms with Crippen molar-refractivity contribution in [1.82, 2.24) is 9.78 Å². The van der Waals surface area contributed by atoms with Gasteiger partial charge in [-0.05, 0) is 42.9 Å². The summed E-state index contributed by atoms with van der Waals surface area (Å²) in [5, 5.41) is 7.57. The minimum absolute atomic E-state index is 0.148. The molecule has 0 aromatic carbocycles. The molecule has 0 radical (unpaired) electrons. The predicted octanol–water partition coefficient (Wildman–Crippen LogP) is 2.29. The molecule has 3 aliphatic carbocycles. The number of esters is 1. The Morgan fingerprint density at radius 1 is 1.46 bits per heavy atom. The molecular formula is C18H27N3O3. The average Bonchev–Trinajstić information content (AvgIpc) is 2.51. The zero-order valence-corrected chi connectivity index (χ0v) is 14.9. The van der Waals surface area contributed by atoms with Crippen molar-refractivity contribution in [2.24, 2.45) is 23.2 Å². The predicted molar refractivity (Wildman–Crippen MR) is 91.7 cm³/mol. The quantitative estimate of drug-likeness (QED) is 0.837. The molecule has 3 saturated carbocycles. The number of carbonyl (C=O) groups excluding carboxylic acids is 1. The zero-order valence-electron chi connectivity index (χ0n) is 14.9. The maximum Gasteiger partial charge on any atom is 0.327 e. The summed E-state index contributed by atoms with van der Waals surface area (Å²) in [7, 11) is 0. The highest BCUT2D eigenvalue weighted by Gasteiger charge is 2.56. The highest BCUT2D eigenvalue weighted by molar-refractivity contribution is 5.69. The minimum Gasteiger partial charge on any atom is -0.465 e. The number of hydrogen-bond donors (Lipinski definition) is 1. The van der Waals surface area contributed by atoms with Crippen molar-refractivity contribution in [3.05, 3.63) is 22.6 Å².